The summed E-state index contributed by atoms with van der Waals surface area (Å²) >= 11 is 5.84. The topological polar surface area (TPSA) is 73.8 Å². The SMILES string of the molecule is C[C@H](Oc1cc(NC(O)N2CCC(F)(F)C2)c(F)cc1C(=O)Nc1c(F)cccc1Cl)C(F)(F)F. The van der Waals surface area contributed by atoms with Gasteiger partial charge in [-0.3, -0.25) is 9.69 Å². The number of aliphatic hydroxyl groups is 1. The van der Waals surface area contributed by atoms with Gasteiger partial charge in [0.05, 0.1) is 28.5 Å². The second kappa shape index (κ2) is 10.1. The summed E-state index contributed by atoms with van der Waals surface area (Å²) in [5, 5.41) is 14.2. The van der Waals surface area contributed by atoms with Crippen molar-refractivity contribution in [1.82, 2.24) is 4.90 Å². The lowest BCUT2D eigenvalue weighted by atomic mass is 10.1. The number of benzene rings is 2. The zero-order chi connectivity index (χ0) is 26.1. The molecule has 2 aromatic carbocycles. The highest BCUT2D eigenvalue weighted by molar-refractivity contribution is 6.34. The highest BCUT2D eigenvalue weighted by Crippen LogP contribution is 2.34. The van der Waals surface area contributed by atoms with Crippen LogP contribution in [0.2, 0.25) is 5.02 Å². The molecule has 0 radical (unpaired) electrons. The number of anilines is 2. The van der Waals surface area contributed by atoms with Crippen LogP contribution >= 0.6 is 11.6 Å². The first kappa shape index (κ1) is 26.8. The number of nitrogens with one attached hydrogen (secondary N) is 2. The minimum absolute atomic E-state index is 0.228. The molecule has 0 aliphatic carbocycles. The number of alkyl halides is 5. The third-order valence-corrected chi connectivity index (χ3v) is 5.42. The molecule has 14 heteroatoms. The Morgan fingerprint density at radius 3 is 2.49 bits per heavy atom. The Kier molecular flexibility index (Phi) is 7.72. The van der Waals surface area contributed by atoms with Crippen molar-refractivity contribution >= 4 is 28.9 Å². The lowest BCUT2D eigenvalue weighted by molar-refractivity contribution is -0.189. The van der Waals surface area contributed by atoms with Crippen LogP contribution in [-0.4, -0.2) is 53.6 Å². The van der Waals surface area contributed by atoms with Crippen molar-refractivity contribution in [3.63, 3.8) is 0 Å². The standard InChI is InChI=1S/C21H19ClF7N3O3/c1-10(21(27,28)29)35-16-8-15(30-19(34)32-6-5-20(25,26)9-32)14(24)7-11(16)18(33)31-17-12(22)3-2-4-13(17)23/h2-4,7-8,10,19,30,34H,5-6,9H2,1H3,(H,31,33)/t10-,19?/m0/s1. The molecular formula is C21H19ClF7N3O3. The lowest BCUT2D eigenvalue weighted by Crippen LogP contribution is -2.40. The minimum Gasteiger partial charge on any atom is -0.480 e. The van der Waals surface area contributed by atoms with Gasteiger partial charge in [-0.25, -0.2) is 17.6 Å². The van der Waals surface area contributed by atoms with Crippen molar-refractivity contribution < 1.29 is 45.4 Å². The van der Waals surface area contributed by atoms with Gasteiger partial charge in [0.1, 0.15) is 17.4 Å². The van der Waals surface area contributed by atoms with Gasteiger partial charge in [-0.05, 0) is 25.1 Å². The van der Waals surface area contributed by atoms with Crippen LogP contribution in [0.4, 0.5) is 42.1 Å². The molecule has 3 rings (SSSR count). The Hall–Kier alpha value is -2.77. The van der Waals surface area contributed by atoms with Crippen LogP contribution < -0.4 is 15.4 Å². The molecule has 2 aromatic rings. The quantitative estimate of drug-likeness (QED) is 0.338. The fourth-order valence-electron chi connectivity index (χ4n) is 3.20. The Morgan fingerprint density at radius 1 is 1.23 bits per heavy atom. The third kappa shape index (κ3) is 6.47. The molecule has 2 atom stereocenters. The number of hydrogen-bond donors (Lipinski definition) is 3. The summed E-state index contributed by atoms with van der Waals surface area (Å²) in [6, 6.07) is 4.60. The molecule has 0 saturated carbocycles. The van der Waals surface area contributed by atoms with E-state index in [1.807, 2.05) is 0 Å². The highest BCUT2D eigenvalue weighted by Gasteiger charge is 2.41. The van der Waals surface area contributed by atoms with E-state index in [0.29, 0.717) is 19.1 Å². The average molecular weight is 530 g/mol. The van der Waals surface area contributed by atoms with Crippen molar-refractivity contribution in [2.45, 2.75) is 37.9 Å². The molecule has 3 N–H and O–H groups in total. The molecule has 0 spiro atoms. The normalized spacial score (nSPS) is 17.7. The summed E-state index contributed by atoms with van der Waals surface area (Å²) in [5.41, 5.74) is -1.87. The second-order valence-electron chi connectivity index (χ2n) is 7.78. The fraction of sp³-hybridized carbons (Fsp3) is 0.381. The number of nitrogens with zero attached hydrogens (tertiary/aromatic N) is 1. The molecule has 6 nitrogen and oxygen atoms in total. The number of aliphatic hydroxyl groups excluding tert-OH is 1. The molecule has 0 bridgehead atoms. The van der Waals surface area contributed by atoms with Gasteiger partial charge in [-0.15, -0.1) is 0 Å². The molecular weight excluding hydrogens is 511 g/mol. The number of likely N-dealkylation sites (tertiary alicyclic amines) is 1. The van der Waals surface area contributed by atoms with Gasteiger partial charge in [0.2, 0.25) is 0 Å². The molecule has 192 valence electrons. The van der Waals surface area contributed by atoms with Gasteiger partial charge in [0.15, 0.2) is 12.5 Å². The second-order valence-corrected chi connectivity index (χ2v) is 8.18. The monoisotopic (exact) mass is 529 g/mol. The average Bonchev–Trinajstić information content (AvgIpc) is 3.12. The van der Waals surface area contributed by atoms with E-state index in [9.17, 15) is 40.6 Å². The van der Waals surface area contributed by atoms with E-state index in [2.05, 4.69) is 10.6 Å². The maximum Gasteiger partial charge on any atom is 0.425 e. The van der Waals surface area contributed by atoms with Crippen LogP contribution in [0.25, 0.3) is 0 Å². The first-order chi connectivity index (χ1) is 16.2. The summed E-state index contributed by atoms with van der Waals surface area (Å²) in [4.78, 5) is 13.6. The molecule has 35 heavy (non-hydrogen) atoms. The van der Waals surface area contributed by atoms with E-state index in [1.165, 1.54) is 12.1 Å². The maximum absolute atomic E-state index is 14.8. The van der Waals surface area contributed by atoms with Crippen LogP contribution in [0.5, 0.6) is 5.75 Å². The molecule has 1 aliphatic rings. The molecule has 1 unspecified atom stereocenters. The predicted molar refractivity (Wildman–Crippen MR) is 113 cm³/mol. The number of hydrogen-bond acceptors (Lipinski definition) is 5. The van der Waals surface area contributed by atoms with E-state index in [1.54, 1.807) is 0 Å². The van der Waals surface area contributed by atoms with Crippen LogP contribution in [0, 0.1) is 11.6 Å². The largest absolute Gasteiger partial charge is 0.480 e. The summed E-state index contributed by atoms with van der Waals surface area (Å²) in [6.07, 6.45) is -9.69. The first-order valence-electron chi connectivity index (χ1n) is 10.1. The molecule has 1 heterocycles. The molecule has 1 aliphatic heterocycles. The van der Waals surface area contributed by atoms with Crippen molar-refractivity contribution in [3.05, 3.63) is 52.6 Å². The third-order valence-electron chi connectivity index (χ3n) is 5.11. The van der Waals surface area contributed by atoms with E-state index >= 15 is 0 Å². The van der Waals surface area contributed by atoms with Gasteiger partial charge in [0.25, 0.3) is 11.8 Å². The van der Waals surface area contributed by atoms with E-state index in [0.717, 1.165) is 11.0 Å². The van der Waals surface area contributed by atoms with Crippen molar-refractivity contribution in [3.8, 4) is 5.75 Å². The van der Waals surface area contributed by atoms with Gasteiger partial charge >= 0.3 is 6.18 Å². The van der Waals surface area contributed by atoms with Crippen LogP contribution in [0.3, 0.4) is 0 Å². The zero-order valence-electron chi connectivity index (χ0n) is 17.9. The number of ether oxygens (including phenoxy) is 1. The summed E-state index contributed by atoms with van der Waals surface area (Å²) in [6.45, 7) is -0.435. The Bertz CT molecular complexity index is 1080. The highest BCUT2D eigenvalue weighted by atomic mass is 35.5. The summed E-state index contributed by atoms with van der Waals surface area (Å²) in [7, 11) is 0. The van der Waals surface area contributed by atoms with E-state index < -0.39 is 77.7 Å². The van der Waals surface area contributed by atoms with Gasteiger partial charge in [-0.2, -0.15) is 13.2 Å². The lowest BCUT2D eigenvalue weighted by Gasteiger charge is -2.25. The van der Waals surface area contributed by atoms with Crippen molar-refractivity contribution in [2.75, 3.05) is 23.7 Å². The van der Waals surface area contributed by atoms with E-state index in [4.69, 9.17) is 16.3 Å². The maximum atomic E-state index is 14.8. The minimum atomic E-state index is -4.87. The smallest absolute Gasteiger partial charge is 0.425 e. The first-order valence-corrected chi connectivity index (χ1v) is 10.4. The Labute approximate surface area is 199 Å². The van der Waals surface area contributed by atoms with Crippen LogP contribution in [0.15, 0.2) is 30.3 Å². The summed E-state index contributed by atoms with van der Waals surface area (Å²) < 4.78 is 99.7. The zero-order valence-corrected chi connectivity index (χ0v) is 18.7. The number of carbonyl (C=O) groups is 1. The van der Waals surface area contributed by atoms with Crippen LogP contribution in [0.1, 0.15) is 23.7 Å². The number of amides is 1. The molecule has 1 amide bonds. The molecule has 1 fully saturated rings. The van der Waals surface area contributed by atoms with Crippen molar-refractivity contribution in [2.24, 2.45) is 0 Å². The number of para-hydroxylation sites is 1. The summed E-state index contributed by atoms with van der Waals surface area (Å²) in [5.74, 6) is -7.28. The van der Waals surface area contributed by atoms with Gasteiger partial charge in [-0.1, -0.05) is 17.7 Å². The predicted octanol–water partition coefficient (Wildman–Crippen LogP) is 5.23. The van der Waals surface area contributed by atoms with Crippen LogP contribution in [-0.2, 0) is 0 Å². The molecule has 0 aromatic heterocycles. The number of rotatable bonds is 7. The number of halogens is 8. The van der Waals surface area contributed by atoms with E-state index in [-0.39, 0.29) is 11.6 Å². The fourth-order valence-corrected chi connectivity index (χ4v) is 3.41. The van der Waals surface area contributed by atoms with Gasteiger partial charge < -0.3 is 20.5 Å². The Balaban J connectivity index is 1.93. The van der Waals surface area contributed by atoms with Gasteiger partial charge in [0, 0.05) is 19.0 Å². The molecule has 1 saturated heterocycles. The van der Waals surface area contributed by atoms with Crippen molar-refractivity contribution in [1.29, 1.82) is 0 Å². The Morgan fingerprint density at radius 2 is 1.91 bits per heavy atom. The number of carbonyl (C=O) groups excluding carboxylic acids is 1.